The molecule has 1 fully saturated rings. The molecule has 1 aliphatic heterocycles. The lowest BCUT2D eigenvalue weighted by Gasteiger charge is -2.06. The monoisotopic (exact) mass is 264 g/mol. The Morgan fingerprint density at radius 3 is 3.00 bits per heavy atom. The van der Waals surface area contributed by atoms with Gasteiger partial charge in [-0.25, -0.2) is 0 Å². The van der Waals surface area contributed by atoms with E-state index in [-0.39, 0.29) is 0 Å². The first kappa shape index (κ1) is 9.43. The van der Waals surface area contributed by atoms with Crippen molar-refractivity contribution < 1.29 is 0 Å². The van der Waals surface area contributed by atoms with Crippen LogP contribution in [0.4, 0.5) is 0 Å². The second-order valence-corrected chi connectivity index (χ2v) is 4.93. The largest absolute Gasteiger partial charge is 0.357 e. The van der Waals surface area contributed by atoms with Crippen molar-refractivity contribution in [2.45, 2.75) is 18.9 Å². The molecule has 1 aliphatic rings. The van der Waals surface area contributed by atoms with Crippen LogP contribution in [-0.4, -0.2) is 11.5 Å². The fourth-order valence-corrected chi connectivity index (χ4v) is 2.76. The van der Waals surface area contributed by atoms with E-state index < -0.39 is 0 Å². The minimum Gasteiger partial charge on any atom is -0.357 e. The summed E-state index contributed by atoms with van der Waals surface area (Å²) in [6.07, 6.45) is 2.52. The summed E-state index contributed by atoms with van der Waals surface area (Å²) >= 11 is 3.58. The van der Waals surface area contributed by atoms with E-state index in [1.165, 1.54) is 33.9 Å². The van der Waals surface area contributed by atoms with Crippen molar-refractivity contribution in [2.75, 3.05) is 6.54 Å². The molecule has 1 saturated heterocycles. The van der Waals surface area contributed by atoms with Gasteiger partial charge in [-0.05, 0) is 37.6 Å². The zero-order valence-corrected chi connectivity index (χ0v) is 9.97. The lowest BCUT2D eigenvalue weighted by Crippen LogP contribution is -2.12. The fourth-order valence-electron chi connectivity index (χ4n) is 2.28. The van der Waals surface area contributed by atoms with E-state index in [0.717, 1.165) is 6.54 Å². The summed E-state index contributed by atoms with van der Waals surface area (Å²) in [4.78, 5) is 3.49. The number of nitrogens with one attached hydrogen (secondary N) is 2. The number of hydrogen-bond donors (Lipinski definition) is 2. The SMILES string of the molecule is Brc1cccc2[nH]c(C3CCCN3)cc12. The Balaban J connectivity index is 2.09. The van der Waals surface area contributed by atoms with Gasteiger partial charge in [0.05, 0.1) is 0 Å². The molecule has 2 N–H and O–H groups in total. The van der Waals surface area contributed by atoms with Crippen LogP contribution in [0.25, 0.3) is 10.9 Å². The van der Waals surface area contributed by atoms with E-state index in [1.54, 1.807) is 0 Å². The third-order valence-electron chi connectivity index (χ3n) is 3.07. The van der Waals surface area contributed by atoms with Gasteiger partial charge < -0.3 is 10.3 Å². The van der Waals surface area contributed by atoms with Crippen LogP contribution in [0, 0.1) is 0 Å². The Morgan fingerprint density at radius 2 is 2.27 bits per heavy atom. The van der Waals surface area contributed by atoms with Crippen molar-refractivity contribution >= 4 is 26.8 Å². The maximum Gasteiger partial charge on any atom is 0.0473 e. The lowest BCUT2D eigenvalue weighted by atomic mass is 10.1. The van der Waals surface area contributed by atoms with Crippen molar-refractivity contribution in [3.05, 3.63) is 34.4 Å². The van der Waals surface area contributed by atoms with Crippen molar-refractivity contribution in [3.8, 4) is 0 Å². The molecule has 1 aromatic heterocycles. The zero-order valence-electron chi connectivity index (χ0n) is 8.39. The molecular formula is C12H13BrN2. The predicted molar refractivity (Wildman–Crippen MR) is 66.0 cm³/mol. The van der Waals surface area contributed by atoms with Gasteiger partial charge in [0.15, 0.2) is 0 Å². The zero-order chi connectivity index (χ0) is 10.3. The molecule has 0 saturated carbocycles. The maximum atomic E-state index is 3.58. The summed E-state index contributed by atoms with van der Waals surface area (Å²) in [5.74, 6) is 0. The molecule has 0 spiro atoms. The van der Waals surface area contributed by atoms with Gasteiger partial charge >= 0.3 is 0 Å². The highest BCUT2D eigenvalue weighted by molar-refractivity contribution is 9.10. The molecule has 15 heavy (non-hydrogen) atoms. The molecule has 1 atom stereocenters. The van der Waals surface area contributed by atoms with Crippen LogP contribution in [0.15, 0.2) is 28.7 Å². The summed E-state index contributed by atoms with van der Waals surface area (Å²) in [7, 11) is 0. The summed E-state index contributed by atoms with van der Waals surface area (Å²) in [6, 6.07) is 9.04. The third kappa shape index (κ3) is 1.60. The van der Waals surface area contributed by atoms with Crippen LogP contribution in [0.3, 0.4) is 0 Å². The van der Waals surface area contributed by atoms with E-state index in [0.29, 0.717) is 6.04 Å². The highest BCUT2D eigenvalue weighted by Gasteiger charge is 2.18. The fraction of sp³-hybridized carbons (Fsp3) is 0.333. The number of aromatic nitrogens is 1. The topological polar surface area (TPSA) is 27.8 Å². The van der Waals surface area contributed by atoms with Gasteiger partial charge in [-0.3, -0.25) is 0 Å². The van der Waals surface area contributed by atoms with Crippen molar-refractivity contribution in [1.29, 1.82) is 0 Å². The third-order valence-corrected chi connectivity index (χ3v) is 3.76. The standard InChI is InChI=1S/C12H13BrN2/c13-9-3-1-4-10-8(9)7-12(15-10)11-5-2-6-14-11/h1,3-4,7,11,14-15H,2,5-6H2. The molecule has 0 amide bonds. The lowest BCUT2D eigenvalue weighted by molar-refractivity contribution is 0.633. The molecule has 1 unspecified atom stereocenters. The number of fused-ring (bicyclic) bond motifs is 1. The van der Waals surface area contributed by atoms with Crippen LogP contribution in [0.2, 0.25) is 0 Å². The van der Waals surface area contributed by atoms with Crippen LogP contribution < -0.4 is 5.32 Å². The van der Waals surface area contributed by atoms with E-state index in [4.69, 9.17) is 0 Å². The number of rotatable bonds is 1. The number of H-pyrrole nitrogens is 1. The Kier molecular flexibility index (Phi) is 2.29. The smallest absolute Gasteiger partial charge is 0.0473 e. The maximum absolute atomic E-state index is 3.58. The molecule has 2 aromatic rings. The van der Waals surface area contributed by atoms with Crippen molar-refractivity contribution in [1.82, 2.24) is 10.3 Å². The van der Waals surface area contributed by atoms with Gasteiger partial charge in [0.2, 0.25) is 0 Å². The Bertz CT molecular complexity index is 483. The molecule has 78 valence electrons. The highest BCUT2D eigenvalue weighted by atomic mass is 79.9. The summed E-state index contributed by atoms with van der Waals surface area (Å²) in [5, 5.41) is 4.79. The van der Waals surface area contributed by atoms with Gasteiger partial charge in [0, 0.05) is 27.1 Å². The van der Waals surface area contributed by atoms with Crippen LogP contribution >= 0.6 is 15.9 Å². The van der Waals surface area contributed by atoms with Crippen LogP contribution in [-0.2, 0) is 0 Å². The van der Waals surface area contributed by atoms with E-state index in [2.05, 4.69) is 50.5 Å². The normalized spacial score (nSPS) is 21.3. The molecule has 3 heteroatoms. The minimum absolute atomic E-state index is 0.518. The van der Waals surface area contributed by atoms with Crippen molar-refractivity contribution in [2.24, 2.45) is 0 Å². The molecule has 0 bridgehead atoms. The summed E-state index contributed by atoms with van der Waals surface area (Å²) in [6.45, 7) is 1.14. The first-order valence-electron chi connectivity index (χ1n) is 5.35. The molecule has 0 aliphatic carbocycles. The van der Waals surface area contributed by atoms with E-state index >= 15 is 0 Å². The Labute approximate surface area is 97.2 Å². The average Bonchev–Trinajstić information content (AvgIpc) is 2.86. The average molecular weight is 265 g/mol. The van der Waals surface area contributed by atoms with Gasteiger partial charge in [-0.15, -0.1) is 0 Å². The van der Waals surface area contributed by atoms with Gasteiger partial charge in [-0.2, -0.15) is 0 Å². The number of benzene rings is 1. The quantitative estimate of drug-likeness (QED) is 0.813. The molecule has 2 nitrogen and oxygen atoms in total. The summed E-state index contributed by atoms with van der Waals surface area (Å²) in [5.41, 5.74) is 2.53. The van der Waals surface area contributed by atoms with Gasteiger partial charge in [0.1, 0.15) is 0 Å². The number of aromatic amines is 1. The molecule has 1 aromatic carbocycles. The summed E-state index contributed by atoms with van der Waals surface area (Å²) < 4.78 is 1.17. The second-order valence-electron chi connectivity index (χ2n) is 4.07. The highest BCUT2D eigenvalue weighted by Crippen LogP contribution is 2.29. The Hall–Kier alpha value is -0.800. The molecule has 0 radical (unpaired) electrons. The van der Waals surface area contributed by atoms with Crippen molar-refractivity contribution in [3.63, 3.8) is 0 Å². The van der Waals surface area contributed by atoms with Crippen LogP contribution in [0.1, 0.15) is 24.6 Å². The molecular weight excluding hydrogens is 252 g/mol. The van der Waals surface area contributed by atoms with Crippen LogP contribution in [0.5, 0.6) is 0 Å². The Morgan fingerprint density at radius 1 is 1.33 bits per heavy atom. The molecule has 2 heterocycles. The van der Waals surface area contributed by atoms with Gasteiger partial charge in [-0.1, -0.05) is 22.0 Å². The number of hydrogen-bond acceptors (Lipinski definition) is 1. The predicted octanol–water partition coefficient (Wildman–Crippen LogP) is 3.35. The number of halogens is 1. The van der Waals surface area contributed by atoms with Gasteiger partial charge in [0.25, 0.3) is 0 Å². The van der Waals surface area contributed by atoms with E-state index in [9.17, 15) is 0 Å². The first-order chi connectivity index (χ1) is 7.34. The molecule has 3 rings (SSSR count). The second kappa shape index (κ2) is 3.65. The minimum atomic E-state index is 0.518. The van der Waals surface area contributed by atoms with E-state index in [1.807, 2.05) is 0 Å². The first-order valence-corrected chi connectivity index (χ1v) is 6.14.